The average molecular weight is 484 g/mol. The molecular formula is C21H14F6N4OS. The number of benzene rings is 2. The summed E-state index contributed by atoms with van der Waals surface area (Å²) in [5, 5.41) is 6.81. The molecule has 0 unspecified atom stereocenters. The molecule has 0 aliphatic heterocycles. The molecule has 4 rings (SSSR count). The lowest BCUT2D eigenvalue weighted by Crippen LogP contribution is -2.13. The molecule has 0 bridgehead atoms. The minimum atomic E-state index is -4.61. The van der Waals surface area contributed by atoms with Gasteiger partial charge in [-0.3, -0.25) is 9.48 Å². The summed E-state index contributed by atoms with van der Waals surface area (Å²) in [4.78, 5) is 16.9. The van der Waals surface area contributed by atoms with Crippen LogP contribution in [-0.2, 0) is 18.9 Å². The summed E-state index contributed by atoms with van der Waals surface area (Å²) in [6, 6.07) is 7.32. The summed E-state index contributed by atoms with van der Waals surface area (Å²) in [6.45, 7) is 1.60. The van der Waals surface area contributed by atoms with E-state index in [0.29, 0.717) is 11.3 Å². The molecule has 0 radical (unpaired) electrons. The van der Waals surface area contributed by atoms with Crippen LogP contribution in [-0.4, -0.2) is 20.7 Å². The highest BCUT2D eigenvalue weighted by atomic mass is 32.1. The first-order valence-electron chi connectivity index (χ1n) is 9.39. The molecule has 1 N–H and O–H groups in total. The van der Waals surface area contributed by atoms with E-state index in [2.05, 4.69) is 15.4 Å². The van der Waals surface area contributed by atoms with Crippen LogP contribution in [0.2, 0.25) is 0 Å². The van der Waals surface area contributed by atoms with Gasteiger partial charge in [0.2, 0.25) is 0 Å². The molecule has 0 aliphatic carbocycles. The number of thiazole rings is 1. The van der Waals surface area contributed by atoms with Crippen LogP contribution >= 0.6 is 11.3 Å². The van der Waals surface area contributed by atoms with E-state index in [4.69, 9.17) is 0 Å². The molecule has 0 saturated carbocycles. The standard InChI is InChI=1S/C21H14F6N4OS/c1-11-17(33-10-28-11)19(32)29-18-15-8-14(21(25,26)27)6-7-16(15)31(30-18)9-12-2-4-13(5-3-12)20(22,23)24/h2-8,10H,9H2,1H3,(H,29,30,32). The van der Waals surface area contributed by atoms with Crippen molar-refractivity contribution in [2.24, 2.45) is 0 Å². The Labute approximate surface area is 186 Å². The first-order chi connectivity index (χ1) is 15.4. The smallest absolute Gasteiger partial charge is 0.304 e. The number of fused-ring (bicyclic) bond motifs is 1. The van der Waals surface area contributed by atoms with E-state index in [-0.39, 0.29) is 28.1 Å². The Hall–Kier alpha value is -3.41. The maximum absolute atomic E-state index is 13.3. The van der Waals surface area contributed by atoms with Gasteiger partial charge in [-0.2, -0.15) is 31.4 Å². The summed E-state index contributed by atoms with van der Waals surface area (Å²) in [7, 11) is 0. The van der Waals surface area contributed by atoms with Crippen LogP contribution in [0.3, 0.4) is 0 Å². The van der Waals surface area contributed by atoms with Gasteiger partial charge in [0.1, 0.15) is 4.88 Å². The molecule has 0 saturated heterocycles. The number of anilines is 1. The fraction of sp³-hybridized carbons (Fsp3) is 0.190. The molecule has 1 amide bonds. The van der Waals surface area contributed by atoms with Gasteiger partial charge < -0.3 is 5.32 Å². The minimum Gasteiger partial charge on any atom is -0.304 e. The predicted octanol–water partition coefficient (Wildman–Crippen LogP) is 6.14. The second-order valence-corrected chi connectivity index (χ2v) is 8.01. The third-order valence-electron chi connectivity index (χ3n) is 4.88. The quantitative estimate of drug-likeness (QED) is 0.354. The Morgan fingerprint density at radius 3 is 2.21 bits per heavy atom. The van der Waals surface area contributed by atoms with E-state index in [1.807, 2.05) is 0 Å². The predicted molar refractivity (Wildman–Crippen MR) is 110 cm³/mol. The van der Waals surface area contributed by atoms with Gasteiger partial charge in [-0.1, -0.05) is 12.1 Å². The first-order valence-corrected chi connectivity index (χ1v) is 10.3. The van der Waals surface area contributed by atoms with Crippen LogP contribution in [0.5, 0.6) is 0 Å². The normalized spacial score (nSPS) is 12.3. The van der Waals surface area contributed by atoms with Crippen molar-refractivity contribution in [3.63, 3.8) is 0 Å². The number of nitrogens with zero attached hydrogens (tertiary/aromatic N) is 3. The van der Waals surface area contributed by atoms with E-state index in [1.54, 1.807) is 6.92 Å². The minimum absolute atomic E-state index is 0.0184. The van der Waals surface area contributed by atoms with E-state index in [9.17, 15) is 31.1 Å². The number of hydrogen-bond donors (Lipinski definition) is 1. The maximum Gasteiger partial charge on any atom is 0.416 e. The molecule has 2 heterocycles. The molecule has 33 heavy (non-hydrogen) atoms. The number of aromatic nitrogens is 3. The Morgan fingerprint density at radius 1 is 1.00 bits per heavy atom. The molecule has 12 heteroatoms. The van der Waals surface area contributed by atoms with Crippen LogP contribution in [0.25, 0.3) is 10.9 Å². The fourth-order valence-corrected chi connectivity index (χ4v) is 3.92. The highest BCUT2D eigenvalue weighted by molar-refractivity contribution is 7.12. The summed E-state index contributed by atoms with van der Waals surface area (Å²) in [5.74, 6) is -0.672. The monoisotopic (exact) mass is 484 g/mol. The van der Waals surface area contributed by atoms with Gasteiger partial charge in [-0.15, -0.1) is 11.3 Å². The highest BCUT2D eigenvalue weighted by Crippen LogP contribution is 2.34. The molecule has 2 aromatic heterocycles. The zero-order valence-electron chi connectivity index (χ0n) is 16.8. The number of hydrogen-bond acceptors (Lipinski definition) is 4. The van der Waals surface area contributed by atoms with Gasteiger partial charge in [-0.25, -0.2) is 4.98 Å². The van der Waals surface area contributed by atoms with Crippen molar-refractivity contribution in [2.45, 2.75) is 25.8 Å². The van der Waals surface area contributed by atoms with Gasteiger partial charge >= 0.3 is 12.4 Å². The molecule has 0 spiro atoms. The molecule has 2 aromatic carbocycles. The van der Waals surface area contributed by atoms with Gasteiger partial charge in [0.15, 0.2) is 5.82 Å². The van der Waals surface area contributed by atoms with Gasteiger partial charge in [0, 0.05) is 5.39 Å². The number of carbonyl (C=O) groups excluding carboxylic acids is 1. The summed E-state index contributed by atoms with van der Waals surface area (Å²) in [5.41, 5.74) is 0.908. The lowest BCUT2D eigenvalue weighted by molar-refractivity contribution is -0.138. The number of rotatable bonds is 4. The second-order valence-electron chi connectivity index (χ2n) is 7.15. The van der Waals surface area contributed by atoms with Crippen LogP contribution in [0.1, 0.15) is 32.1 Å². The largest absolute Gasteiger partial charge is 0.416 e. The Bertz CT molecular complexity index is 1320. The summed E-state index contributed by atoms with van der Waals surface area (Å²) in [6.07, 6.45) is -9.10. The molecular weight excluding hydrogens is 470 g/mol. The van der Waals surface area contributed by atoms with Crippen molar-refractivity contribution in [1.82, 2.24) is 14.8 Å². The zero-order chi connectivity index (χ0) is 24.0. The Balaban J connectivity index is 1.73. The molecule has 0 fully saturated rings. The number of aryl methyl sites for hydroxylation is 1. The van der Waals surface area contributed by atoms with E-state index in [1.165, 1.54) is 28.4 Å². The molecule has 0 atom stereocenters. The molecule has 4 aromatic rings. The zero-order valence-corrected chi connectivity index (χ0v) is 17.6. The van der Waals surface area contributed by atoms with Crippen molar-refractivity contribution in [1.29, 1.82) is 0 Å². The first kappa shape index (κ1) is 22.8. The van der Waals surface area contributed by atoms with E-state index >= 15 is 0 Å². The average Bonchev–Trinajstić information content (AvgIpc) is 3.30. The summed E-state index contributed by atoms with van der Waals surface area (Å²) >= 11 is 1.07. The van der Waals surface area contributed by atoms with Crippen molar-refractivity contribution >= 4 is 34.0 Å². The molecule has 172 valence electrons. The van der Waals surface area contributed by atoms with Crippen molar-refractivity contribution in [3.8, 4) is 0 Å². The Kier molecular flexibility index (Phi) is 5.64. The number of halogens is 6. The number of amides is 1. The highest BCUT2D eigenvalue weighted by Gasteiger charge is 2.32. The number of alkyl halides is 6. The third kappa shape index (κ3) is 4.70. The number of carbonyl (C=O) groups is 1. The van der Waals surface area contributed by atoms with Crippen molar-refractivity contribution in [3.05, 3.63) is 75.2 Å². The van der Waals surface area contributed by atoms with Crippen molar-refractivity contribution in [2.75, 3.05) is 5.32 Å². The van der Waals surface area contributed by atoms with Crippen LogP contribution < -0.4 is 5.32 Å². The van der Waals surface area contributed by atoms with Gasteiger partial charge in [0.05, 0.1) is 34.4 Å². The topological polar surface area (TPSA) is 59.8 Å². The SMILES string of the molecule is Cc1ncsc1C(=O)Nc1nn(Cc2ccc(C(F)(F)F)cc2)c2ccc(C(F)(F)F)cc12. The van der Waals surface area contributed by atoms with Crippen molar-refractivity contribution < 1.29 is 31.1 Å². The van der Waals surface area contributed by atoms with E-state index < -0.39 is 29.4 Å². The second kappa shape index (κ2) is 8.18. The van der Waals surface area contributed by atoms with Gasteiger partial charge in [0.25, 0.3) is 5.91 Å². The molecule has 5 nitrogen and oxygen atoms in total. The maximum atomic E-state index is 13.3. The van der Waals surface area contributed by atoms with Crippen LogP contribution in [0.4, 0.5) is 32.2 Å². The lowest BCUT2D eigenvalue weighted by Gasteiger charge is -2.09. The van der Waals surface area contributed by atoms with Gasteiger partial charge in [-0.05, 0) is 42.8 Å². The Morgan fingerprint density at radius 2 is 1.64 bits per heavy atom. The van der Waals surface area contributed by atoms with Crippen LogP contribution in [0.15, 0.2) is 48.0 Å². The van der Waals surface area contributed by atoms with E-state index in [0.717, 1.165) is 35.6 Å². The third-order valence-corrected chi connectivity index (χ3v) is 5.80. The fourth-order valence-electron chi connectivity index (χ4n) is 3.22. The number of nitrogens with one attached hydrogen (secondary N) is 1. The van der Waals surface area contributed by atoms with Crippen LogP contribution in [0, 0.1) is 6.92 Å². The summed E-state index contributed by atoms with van der Waals surface area (Å²) < 4.78 is 79.5. The molecule has 0 aliphatic rings. The lowest BCUT2D eigenvalue weighted by atomic mass is 10.1.